The Morgan fingerprint density at radius 1 is 1.50 bits per heavy atom. The van der Waals surface area contributed by atoms with Crippen molar-refractivity contribution in [2.24, 2.45) is 0 Å². The zero-order valence-corrected chi connectivity index (χ0v) is 11.3. The number of H-pyrrole nitrogens is 1. The molecule has 0 radical (unpaired) electrons. The van der Waals surface area contributed by atoms with E-state index in [0.717, 1.165) is 5.01 Å². The van der Waals surface area contributed by atoms with Gasteiger partial charge in [0, 0.05) is 11.6 Å². The van der Waals surface area contributed by atoms with Crippen LogP contribution in [0.5, 0.6) is 0 Å². The van der Waals surface area contributed by atoms with E-state index in [2.05, 4.69) is 9.97 Å². The first-order chi connectivity index (χ1) is 9.58. The molecule has 0 fully saturated rings. The van der Waals surface area contributed by atoms with Gasteiger partial charge in [0.15, 0.2) is 0 Å². The third kappa shape index (κ3) is 1.92. The van der Waals surface area contributed by atoms with E-state index in [4.69, 9.17) is 5.11 Å². The van der Waals surface area contributed by atoms with Gasteiger partial charge in [-0.25, -0.2) is 14.6 Å². The number of aromatic nitrogens is 3. The fraction of sp³-hybridized carbons (Fsp3) is 0.154. The zero-order chi connectivity index (χ0) is 14.3. The van der Waals surface area contributed by atoms with Crippen LogP contribution in [0.25, 0.3) is 11.0 Å². The van der Waals surface area contributed by atoms with Gasteiger partial charge >= 0.3 is 11.7 Å². The van der Waals surface area contributed by atoms with Gasteiger partial charge in [-0.15, -0.1) is 11.3 Å². The summed E-state index contributed by atoms with van der Waals surface area (Å²) < 4.78 is 1.53. The minimum Gasteiger partial charge on any atom is -0.478 e. The average Bonchev–Trinajstić information content (AvgIpc) is 3.03. The van der Waals surface area contributed by atoms with Crippen LogP contribution in [0.4, 0.5) is 0 Å². The zero-order valence-electron chi connectivity index (χ0n) is 10.5. The number of benzene rings is 1. The topological polar surface area (TPSA) is 88.0 Å². The number of hydrogen-bond acceptors (Lipinski definition) is 4. The molecular weight excluding hydrogens is 278 g/mol. The normalized spacial score (nSPS) is 12.7. The summed E-state index contributed by atoms with van der Waals surface area (Å²) in [7, 11) is 0. The number of thiazole rings is 1. The minimum atomic E-state index is -1.02. The molecule has 0 spiro atoms. The molecule has 0 aliphatic heterocycles. The molecule has 2 heterocycles. The van der Waals surface area contributed by atoms with Crippen LogP contribution < -0.4 is 5.69 Å². The van der Waals surface area contributed by atoms with Crippen molar-refractivity contribution in [3.63, 3.8) is 0 Å². The van der Waals surface area contributed by atoms with E-state index < -0.39 is 5.97 Å². The lowest BCUT2D eigenvalue weighted by Crippen LogP contribution is -2.21. The molecule has 1 aromatic carbocycles. The second kappa shape index (κ2) is 4.61. The van der Waals surface area contributed by atoms with Crippen LogP contribution >= 0.6 is 11.3 Å². The summed E-state index contributed by atoms with van der Waals surface area (Å²) in [5, 5.41) is 11.7. The molecule has 102 valence electrons. The number of carboxylic acid groups (broad SMARTS) is 1. The first-order valence-corrected chi connectivity index (χ1v) is 6.83. The van der Waals surface area contributed by atoms with E-state index in [9.17, 15) is 9.59 Å². The Labute approximate surface area is 117 Å². The van der Waals surface area contributed by atoms with E-state index in [-0.39, 0.29) is 17.3 Å². The molecule has 3 rings (SSSR count). The smallest absolute Gasteiger partial charge is 0.335 e. The molecular formula is C13H11N3O3S. The highest BCUT2D eigenvalue weighted by Gasteiger charge is 2.17. The fourth-order valence-corrected chi connectivity index (χ4v) is 2.88. The number of carboxylic acids is 1. The van der Waals surface area contributed by atoms with Gasteiger partial charge in [0.2, 0.25) is 0 Å². The molecule has 3 aromatic rings. The summed E-state index contributed by atoms with van der Waals surface area (Å²) in [5.74, 6) is -1.02. The van der Waals surface area contributed by atoms with Gasteiger partial charge in [-0.2, -0.15) is 0 Å². The molecule has 0 aliphatic carbocycles. The largest absolute Gasteiger partial charge is 0.478 e. The van der Waals surface area contributed by atoms with Crippen molar-refractivity contribution in [1.82, 2.24) is 14.5 Å². The van der Waals surface area contributed by atoms with Crippen LogP contribution in [0.1, 0.15) is 28.3 Å². The van der Waals surface area contributed by atoms with Crippen LogP contribution in [-0.4, -0.2) is 25.6 Å². The monoisotopic (exact) mass is 289 g/mol. The Hall–Kier alpha value is -2.41. The molecule has 0 bridgehead atoms. The summed E-state index contributed by atoms with van der Waals surface area (Å²) in [5.41, 5.74) is 1.06. The second-order valence-electron chi connectivity index (χ2n) is 4.38. The average molecular weight is 289 g/mol. The van der Waals surface area contributed by atoms with Crippen molar-refractivity contribution >= 4 is 28.3 Å². The van der Waals surface area contributed by atoms with Crippen LogP contribution in [-0.2, 0) is 0 Å². The molecule has 2 aromatic heterocycles. The number of aromatic amines is 1. The van der Waals surface area contributed by atoms with Gasteiger partial charge in [-0.1, -0.05) is 0 Å². The van der Waals surface area contributed by atoms with Gasteiger partial charge in [-0.05, 0) is 25.1 Å². The third-order valence-electron chi connectivity index (χ3n) is 3.16. The highest BCUT2D eigenvalue weighted by atomic mass is 32.1. The number of nitrogens with zero attached hydrogens (tertiary/aromatic N) is 2. The van der Waals surface area contributed by atoms with Crippen molar-refractivity contribution in [1.29, 1.82) is 0 Å². The molecule has 0 saturated carbocycles. The molecule has 6 nitrogen and oxygen atoms in total. The second-order valence-corrected chi connectivity index (χ2v) is 5.31. The SMILES string of the molecule is CC(c1nccs1)n1c(=O)[nH]c2ccc(C(=O)O)cc21. The van der Waals surface area contributed by atoms with Crippen molar-refractivity contribution < 1.29 is 9.90 Å². The van der Waals surface area contributed by atoms with E-state index >= 15 is 0 Å². The number of nitrogens with one attached hydrogen (secondary N) is 1. The van der Waals surface area contributed by atoms with Gasteiger partial charge in [-0.3, -0.25) is 4.57 Å². The summed E-state index contributed by atoms with van der Waals surface area (Å²) in [4.78, 5) is 30.1. The maximum atomic E-state index is 12.1. The highest BCUT2D eigenvalue weighted by Crippen LogP contribution is 2.23. The van der Waals surface area contributed by atoms with Gasteiger partial charge < -0.3 is 10.1 Å². The molecule has 7 heteroatoms. The predicted molar refractivity (Wildman–Crippen MR) is 75.4 cm³/mol. The summed E-state index contributed by atoms with van der Waals surface area (Å²) in [6.45, 7) is 1.86. The Morgan fingerprint density at radius 3 is 2.95 bits per heavy atom. The van der Waals surface area contributed by atoms with Crippen LogP contribution in [0.3, 0.4) is 0 Å². The van der Waals surface area contributed by atoms with Gasteiger partial charge in [0.05, 0.1) is 22.6 Å². The first-order valence-electron chi connectivity index (χ1n) is 5.95. The molecule has 20 heavy (non-hydrogen) atoms. The number of aromatic carboxylic acids is 1. The van der Waals surface area contributed by atoms with E-state index in [1.807, 2.05) is 12.3 Å². The molecule has 1 atom stereocenters. The Bertz CT molecular complexity index is 832. The van der Waals surface area contributed by atoms with Crippen molar-refractivity contribution in [2.45, 2.75) is 13.0 Å². The Kier molecular flexibility index (Phi) is 2.90. The third-order valence-corrected chi connectivity index (χ3v) is 4.11. The van der Waals surface area contributed by atoms with Crippen molar-refractivity contribution in [3.05, 3.63) is 50.8 Å². The minimum absolute atomic E-state index is 0.150. The van der Waals surface area contributed by atoms with E-state index in [0.29, 0.717) is 11.0 Å². The van der Waals surface area contributed by atoms with E-state index in [1.54, 1.807) is 12.3 Å². The Balaban J connectivity index is 2.23. The standard InChI is InChI=1S/C13H11N3O3S/c1-7(11-14-4-5-20-11)16-10-6-8(12(17)18)2-3-9(10)15-13(16)19/h2-7H,1H3,(H,15,19)(H,17,18). The molecule has 2 N–H and O–H groups in total. The molecule has 0 amide bonds. The van der Waals surface area contributed by atoms with Gasteiger partial charge in [0.25, 0.3) is 0 Å². The fourth-order valence-electron chi connectivity index (χ4n) is 2.19. The summed E-state index contributed by atoms with van der Waals surface area (Å²) >= 11 is 1.46. The maximum Gasteiger partial charge on any atom is 0.335 e. The lowest BCUT2D eigenvalue weighted by atomic mass is 10.2. The number of hydrogen-bond donors (Lipinski definition) is 2. The van der Waals surface area contributed by atoms with Crippen LogP contribution in [0.15, 0.2) is 34.6 Å². The molecule has 0 aliphatic rings. The quantitative estimate of drug-likeness (QED) is 0.772. The maximum absolute atomic E-state index is 12.1. The Morgan fingerprint density at radius 2 is 2.30 bits per heavy atom. The first kappa shape index (κ1) is 12.6. The summed E-state index contributed by atoms with van der Waals surface area (Å²) in [6.07, 6.45) is 1.68. The lowest BCUT2D eigenvalue weighted by Gasteiger charge is -2.10. The lowest BCUT2D eigenvalue weighted by molar-refractivity contribution is 0.0697. The van der Waals surface area contributed by atoms with Crippen LogP contribution in [0, 0.1) is 0 Å². The van der Waals surface area contributed by atoms with E-state index in [1.165, 1.54) is 28.0 Å². The number of carbonyl (C=O) groups is 1. The van der Waals surface area contributed by atoms with Crippen LogP contribution in [0.2, 0.25) is 0 Å². The number of imidazole rings is 1. The van der Waals surface area contributed by atoms with Crippen molar-refractivity contribution in [3.8, 4) is 0 Å². The summed E-state index contributed by atoms with van der Waals surface area (Å²) in [6, 6.07) is 4.32. The van der Waals surface area contributed by atoms with Gasteiger partial charge in [0.1, 0.15) is 5.01 Å². The molecule has 1 unspecified atom stereocenters. The van der Waals surface area contributed by atoms with Crippen molar-refractivity contribution in [2.75, 3.05) is 0 Å². The predicted octanol–water partition coefficient (Wildman–Crippen LogP) is 2.09. The highest BCUT2D eigenvalue weighted by molar-refractivity contribution is 7.09. The number of rotatable bonds is 3. The molecule has 0 saturated heterocycles. The number of fused-ring (bicyclic) bond motifs is 1.